The van der Waals surface area contributed by atoms with Crippen molar-refractivity contribution in [3.8, 4) is 16.9 Å². The average Bonchev–Trinajstić information content (AvgIpc) is 3.71. The van der Waals surface area contributed by atoms with Gasteiger partial charge in [-0.1, -0.05) is 285 Å². The molecule has 87 heavy (non-hydrogen) atoms. The van der Waals surface area contributed by atoms with Gasteiger partial charge in [-0.05, 0) is 91.6 Å². The predicted octanol–water partition coefficient (Wildman–Crippen LogP) is 21.6. The van der Waals surface area contributed by atoms with Gasteiger partial charge in [-0.15, -0.1) is 0 Å². The fourth-order valence-electron chi connectivity index (χ4n) is 9.56. The fraction of sp³-hybridized carbons (Fsp3) is 0.541. The number of unbranched alkanes of at least 4 members (excludes halogenated alkanes) is 30. The van der Waals surface area contributed by atoms with Crippen LogP contribution in [0.3, 0.4) is 0 Å². The Morgan fingerprint density at radius 3 is 0.874 bits per heavy atom. The Hall–Kier alpha value is -6.47. The minimum Gasteiger partial charge on any atom is -0.494 e. The number of hydrogen-bond donors (Lipinski definition) is 4. The van der Waals surface area contributed by atoms with E-state index in [1.165, 1.54) is 205 Å². The number of methoxy groups -OCH3 is 1. The largest absolute Gasteiger partial charge is 0.494 e. The van der Waals surface area contributed by atoms with Crippen molar-refractivity contribution in [2.75, 3.05) is 41.6 Å². The van der Waals surface area contributed by atoms with Crippen molar-refractivity contribution in [2.45, 2.75) is 239 Å². The minimum absolute atomic E-state index is 0.188. The normalized spacial score (nSPS) is 10.7. The lowest BCUT2D eigenvalue weighted by Crippen LogP contribution is -2.29. The van der Waals surface area contributed by atoms with Gasteiger partial charge in [0.1, 0.15) is 5.75 Å². The summed E-state index contributed by atoms with van der Waals surface area (Å²) in [6.45, 7) is 8.44. The third-order valence-electron chi connectivity index (χ3n) is 14.6. The van der Waals surface area contributed by atoms with E-state index in [1.807, 2.05) is 36.4 Å². The molecule has 0 saturated heterocycles. The molecule has 482 valence electrons. The maximum atomic E-state index is 12.4. The second kappa shape index (κ2) is 51.6. The zero-order chi connectivity index (χ0) is 63.3. The monoisotopic (exact) mass is 1210 g/mol. The third kappa shape index (κ3) is 44.6. The Labute approximate surface area is 522 Å². The van der Waals surface area contributed by atoms with Gasteiger partial charge in [0.15, 0.2) is 0 Å². The molecule has 0 heterocycles. The van der Waals surface area contributed by atoms with Crippen LogP contribution in [0.1, 0.15) is 232 Å². The summed E-state index contributed by atoms with van der Waals surface area (Å²) in [4.78, 5) is 48.0. The van der Waals surface area contributed by atoms with E-state index in [4.69, 9.17) is 9.47 Å². The van der Waals surface area contributed by atoms with Crippen molar-refractivity contribution in [1.82, 2.24) is 0 Å². The van der Waals surface area contributed by atoms with E-state index >= 15 is 0 Å². The number of ether oxygens (including phenoxy) is 2. The van der Waals surface area contributed by atoms with Crippen LogP contribution in [0.25, 0.3) is 11.1 Å². The molecular formula is C74H109F3N4O6. The molecule has 5 aromatic rings. The van der Waals surface area contributed by atoms with Crippen LogP contribution < -0.4 is 26.0 Å². The van der Waals surface area contributed by atoms with E-state index in [-0.39, 0.29) is 6.92 Å². The number of carbonyl (C=O) groups excluding carboxylic acids is 4. The van der Waals surface area contributed by atoms with Gasteiger partial charge in [0.05, 0.1) is 6.61 Å². The highest BCUT2D eigenvalue weighted by Gasteiger charge is 2.17. The molecule has 0 aromatic heterocycles. The number of halogens is 3. The first kappa shape index (κ1) is 76.6. The summed E-state index contributed by atoms with van der Waals surface area (Å²) in [5.74, 6) is -2.04. The van der Waals surface area contributed by atoms with Crippen LogP contribution in [-0.2, 0) is 23.9 Å². The maximum absolute atomic E-state index is 12.4. The van der Waals surface area contributed by atoms with E-state index in [0.29, 0.717) is 29.4 Å². The zero-order valence-electron chi connectivity index (χ0n) is 53.8. The number of aryl methyl sites for hydroxylation is 1. The molecule has 10 nitrogen and oxygen atoms in total. The SMILES string of the molecule is CC(F)(F)F.CCCCCCCCCCCCCCCCCCOC.CCCCCCCCCCCCCCCCCCOc1ccc(NC(=O)C(=O)Nc2ccc(-c3ccc(C)cc3)cc2)cc1.O=C(Nc1ccccc1)C(=O)Nc1ccccc1. The standard InChI is InChI=1S/C39H54N2O3.C19H40O.C14H12N2O2.C2H3F3/c1-3-4-5-6-7-8-9-10-11-12-13-14-15-16-17-18-31-44-37-29-27-36(28-30-37)41-39(43)38(42)40-35-25-23-34(24-26-35)33-21-19-32(2)20-22-33;1-3-4-5-6-7-8-9-10-11-12-13-14-15-16-17-18-19-20-2;17-13(15-11-7-3-1-4-8-11)14(18)16-12-9-5-2-6-10-12;1-2(3,4)5/h19-30H,3-18,31H2,1-2H3,(H,40,42)(H,41,43);3-19H2,1-2H3;1-10H,(H,15,17)(H,16,18);1H3. The fourth-order valence-corrected chi connectivity index (χ4v) is 9.56. The van der Waals surface area contributed by atoms with Crippen LogP contribution in [0.2, 0.25) is 0 Å². The first-order valence-corrected chi connectivity index (χ1v) is 33.0. The molecule has 13 heteroatoms. The van der Waals surface area contributed by atoms with E-state index < -0.39 is 29.8 Å². The van der Waals surface area contributed by atoms with E-state index in [2.05, 4.69) is 66.3 Å². The summed E-state index contributed by atoms with van der Waals surface area (Å²) >= 11 is 0. The minimum atomic E-state index is -4.00. The highest BCUT2D eigenvalue weighted by Crippen LogP contribution is 2.23. The molecule has 0 aliphatic heterocycles. The lowest BCUT2D eigenvalue weighted by molar-refractivity contribution is -0.132. The van der Waals surface area contributed by atoms with E-state index in [9.17, 15) is 32.3 Å². The summed E-state index contributed by atoms with van der Waals surface area (Å²) in [5.41, 5.74) is 5.65. The van der Waals surface area contributed by atoms with Crippen LogP contribution in [-0.4, -0.2) is 50.1 Å². The number of carbonyl (C=O) groups is 4. The first-order chi connectivity index (χ1) is 42.2. The highest BCUT2D eigenvalue weighted by molar-refractivity contribution is 6.44. The van der Waals surface area contributed by atoms with Crippen LogP contribution in [0.15, 0.2) is 133 Å². The molecule has 0 fully saturated rings. The number of benzene rings is 5. The van der Waals surface area contributed by atoms with Crippen molar-refractivity contribution >= 4 is 46.4 Å². The Kier molecular flexibility index (Phi) is 45.4. The van der Waals surface area contributed by atoms with Gasteiger partial charge in [0.25, 0.3) is 0 Å². The van der Waals surface area contributed by atoms with Crippen molar-refractivity contribution in [1.29, 1.82) is 0 Å². The molecule has 0 spiro atoms. The number of rotatable bonds is 40. The second-order valence-electron chi connectivity index (χ2n) is 22.7. The third-order valence-corrected chi connectivity index (χ3v) is 14.6. The number of para-hydroxylation sites is 2. The Morgan fingerprint density at radius 2 is 0.586 bits per heavy atom. The lowest BCUT2D eigenvalue weighted by atomic mass is 10.0. The Morgan fingerprint density at radius 1 is 0.345 bits per heavy atom. The molecule has 0 atom stereocenters. The number of amides is 4. The summed E-state index contributed by atoms with van der Waals surface area (Å²) < 4.78 is 42.0. The molecule has 5 aromatic carbocycles. The predicted molar refractivity (Wildman–Crippen MR) is 359 cm³/mol. The first-order valence-electron chi connectivity index (χ1n) is 33.0. The molecule has 5 rings (SSSR count). The summed E-state index contributed by atoms with van der Waals surface area (Å²) in [5, 5.41) is 10.3. The molecule has 4 N–H and O–H groups in total. The quantitative estimate of drug-likeness (QED) is 0.0228. The van der Waals surface area contributed by atoms with Crippen LogP contribution in [0.5, 0.6) is 5.75 Å². The lowest BCUT2D eigenvalue weighted by Gasteiger charge is -2.09. The Balaban J connectivity index is 0.000000492. The zero-order valence-corrected chi connectivity index (χ0v) is 53.8. The topological polar surface area (TPSA) is 135 Å². The number of hydrogen-bond acceptors (Lipinski definition) is 6. The molecule has 0 bridgehead atoms. The molecule has 0 aliphatic carbocycles. The van der Waals surface area contributed by atoms with Gasteiger partial charge in [0, 0.05) is 43.4 Å². The average molecular weight is 1210 g/mol. The van der Waals surface area contributed by atoms with Crippen LogP contribution in [0.4, 0.5) is 35.9 Å². The van der Waals surface area contributed by atoms with Crippen molar-refractivity contribution in [3.05, 3.63) is 139 Å². The second-order valence-corrected chi connectivity index (χ2v) is 22.7. The van der Waals surface area contributed by atoms with Crippen molar-refractivity contribution in [3.63, 3.8) is 0 Å². The summed E-state index contributed by atoms with van der Waals surface area (Å²) in [6.07, 6.45) is 40.5. The van der Waals surface area contributed by atoms with Gasteiger partial charge >= 0.3 is 29.8 Å². The molecule has 0 radical (unpaired) electrons. The van der Waals surface area contributed by atoms with Gasteiger partial charge in [-0.25, -0.2) is 0 Å². The molecular weight excluding hydrogens is 1100 g/mol. The molecule has 0 unspecified atom stereocenters. The van der Waals surface area contributed by atoms with Crippen LogP contribution >= 0.6 is 0 Å². The van der Waals surface area contributed by atoms with Gasteiger partial charge < -0.3 is 30.7 Å². The molecule has 0 aliphatic rings. The van der Waals surface area contributed by atoms with Crippen molar-refractivity contribution in [2.24, 2.45) is 0 Å². The maximum Gasteiger partial charge on any atom is 0.386 e. The van der Waals surface area contributed by atoms with Crippen LogP contribution in [0, 0.1) is 6.92 Å². The van der Waals surface area contributed by atoms with Crippen molar-refractivity contribution < 1.29 is 41.8 Å². The smallest absolute Gasteiger partial charge is 0.386 e. The number of anilines is 4. The summed E-state index contributed by atoms with van der Waals surface area (Å²) in [6, 6.07) is 40.5. The molecule has 4 amide bonds. The number of nitrogens with one attached hydrogen (secondary N) is 4. The van der Waals surface area contributed by atoms with Gasteiger partial charge in [0.2, 0.25) is 0 Å². The highest BCUT2D eigenvalue weighted by atomic mass is 19.4. The van der Waals surface area contributed by atoms with Gasteiger partial charge in [-0.3, -0.25) is 19.2 Å². The van der Waals surface area contributed by atoms with E-state index in [1.54, 1.807) is 79.9 Å². The Bertz CT molecular complexity index is 2380. The summed E-state index contributed by atoms with van der Waals surface area (Å²) in [7, 11) is 1.80. The number of alkyl halides is 3. The van der Waals surface area contributed by atoms with Gasteiger partial charge in [-0.2, -0.15) is 13.2 Å². The van der Waals surface area contributed by atoms with E-state index in [0.717, 1.165) is 29.9 Å². The molecule has 0 saturated carbocycles.